The molecular formula is C21H34N2. The maximum atomic E-state index is 2.78. The molecule has 128 valence electrons. The molecule has 0 amide bonds. The van der Waals surface area contributed by atoms with Gasteiger partial charge in [-0.2, -0.15) is 0 Å². The van der Waals surface area contributed by atoms with Crippen molar-refractivity contribution in [3.05, 3.63) is 29.8 Å². The summed E-state index contributed by atoms with van der Waals surface area (Å²) in [7, 11) is 4.27. The maximum Gasteiger partial charge on any atom is 0.0364 e. The molecule has 2 heteroatoms. The molecule has 23 heavy (non-hydrogen) atoms. The quantitative estimate of drug-likeness (QED) is 0.762. The number of nitrogens with zero attached hydrogens (tertiary/aromatic N) is 2. The van der Waals surface area contributed by atoms with Gasteiger partial charge in [0.05, 0.1) is 0 Å². The standard InChI is InChI=1S/C21H34N2/c1-21(2)13-6-5-10-18(21)16-23-14-8-12-20(23)17-9-7-11-19(15-17)22(3)4/h7,9,11,15,18,20H,5-6,8,10,12-14,16H2,1-4H3. The van der Waals surface area contributed by atoms with Crippen molar-refractivity contribution in [1.29, 1.82) is 0 Å². The van der Waals surface area contributed by atoms with Gasteiger partial charge in [-0.3, -0.25) is 4.90 Å². The first-order valence-corrected chi connectivity index (χ1v) is 9.49. The van der Waals surface area contributed by atoms with E-state index in [-0.39, 0.29) is 0 Å². The number of hydrogen-bond donors (Lipinski definition) is 0. The predicted octanol–water partition coefficient (Wildman–Crippen LogP) is 5.11. The lowest BCUT2D eigenvalue weighted by molar-refractivity contribution is 0.0841. The largest absolute Gasteiger partial charge is 0.378 e. The molecule has 3 rings (SSSR count). The van der Waals surface area contributed by atoms with Gasteiger partial charge in [0.1, 0.15) is 0 Å². The van der Waals surface area contributed by atoms with Crippen LogP contribution in [-0.4, -0.2) is 32.1 Å². The highest BCUT2D eigenvalue weighted by atomic mass is 15.2. The van der Waals surface area contributed by atoms with Gasteiger partial charge in [-0.15, -0.1) is 0 Å². The average Bonchev–Trinajstić information content (AvgIpc) is 2.97. The summed E-state index contributed by atoms with van der Waals surface area (Å²) in [5.74, 6) is 0.869. The Bertz CT molecular complexity index is 520. The van der Waals surface area contributed by atoms with Gasteiger partial charge in [0.15, 0.2) is 0 Å². The molecule has 1 saturated carbocycles. The van der Waals surface area contributed by atoms with E-state index in [4.69, 9.17) is 0 Å². The van der Waals surface area contributed by atoms with Crippen LogP contribution in [0.5, 0.6) is 0 Å². The maximum absolute atomic E-state index is 2.78. The molecular weight excluding hydrogens is 280 g/mol. The number of benzene rings is 1. The molecule has 0 spiro atoms. The fourth-order valence-electron chi connectivity index (χ4n) is 4.62. The Labute approximate surface area is 142 Å². The number of rotatable bonds is 4. The van der Waals surface area contributed by atoms with E-state index in [0.29, 0.717) is 11.5 Å². The van der Waals surface area contributed by atoms with Crippen molar-refractivity contribution in [3.8, 4) is 0 Å². The molecule has 1 heterocycles. The second-order valence-corrected chi connectivity index (χ2v) is 8.57. The minimum absolute atomic E-state index is 0.525. The first kappa shape index (κ1) is 16.8. The third-order valence-electron chi connectivity index (χ3n) is 6.32. The zero-order valence-electron chi connectivity index (χ0n) is 15.5. The number of likely N-dealkylation sites (tertiary alicyclic amines) is 1. The Hall–Kier alpha value is -1.02. The minimum atomic E-state index is 0.525. The van der Waals surface area contributed by atoms with Crippen molar-refractivity contribution >= 4 is 5.69 Å². The van der Waals surface area contributed by atoms with E-state index < -0.39 is 0 Å². The molecule has 2 unspecified atom stereocenters. The third kappa shape index (κ3) is 3.74. The molecule has 1 saturated heterocycles. The van der Waals surface area contributed by atoms with E-state index >= 15 is 0 Å². The Balaban J connectivity index is 1.74. The summed E-state index contributed by atoms with van der Waals surface area (Å²) in [5, 5.41) is 0. The predicted molar refractivity (Wildman–Crippen MR) is 100 cm³/mol. The van der Waals surface area contributed by atoms with Crippen LogP contribution in [0.25, 0.3) is 0 Å². The van der Waals surface area contributed by atoms with Crippen LogP contribution in [0.1, 0.15) is 64.0 Å². The first-order valence-electron chi connectivity index (χ1n) is 9.49. The number of hydrogen-bond acceptors (Lipinski definition) is 2. The highest BCUT2D eigenvalue weighted by Crippen LogP contribution is 2.43. The van der Waals surface area contributed by atoms with Crippen molar-refractivity contribution in [1.82, 2.24) is 4.90 Å². The molecule has 2 fully saturated rings. The average molecular weight is 315 g/mol. The Morgan fingerprint density at radius 1 is 1.13 bits per heavy atom. The van der Waals surface area contributed by atoms with E-state index in [2.05, 4.69) is 62.0 Å². The van der Waals surface area contributed by atoms with Crippen molar-refractivity contribution in [3.63, 3.8) is 0 Å². The van der Waals surface area contributed by atoms with E-state index in [0.717, 1.165) is 5.92 Å². The fourth-order valence-corrected chi connectivity index (χ4v) is 4.62. The lowest BCUT2D eigenvalue weighted by atomic mass is 9.68. The second kappa shape index (κ2) is 6.84. The van der Waals surface area contributed by atoms with Gasteiger partial charge in [0, 0.05) is 32.4 Å². The summed E-state index contributed by atoms with van der Waals surface area (Å²) >= 11 is 0. The molecule has 1 aliphatic heterocycles. The second-order valence-electron chi connectivity index (χ2n) is 8.57. The minimum Gasteiger partial charge on any atom is -0.378 e. The van der Waals surface area contributed by atoms with E-state index in [1.54, 1.807) is 0 Å². The van der Waals surface area contributed by atoms with Gasteiger partial charge in [0.2, 0.25) is 0 Å². The fraction of sp³-hybridized carbons (Fsp3) is 0.714. The number of anilines is 1. The monoisotopic (exact) mass is 314 g/mol. The third-order valence-corrected chi connectivity index (χ3v) is 6.32. The summed E-state index contributed by atoms with van der Waals surface area (Å²) in [5.41, 5.74) is 3.37. The summed E-state index contributed by atoms with van der Waals surface area (Å²) in [6.07, 6.45) is 8.37. The normalized spacial score (nSPS) is 28.0. The van der Waals surface area contributed by atoms with Crippen LogP contribution < -0.4 is 4.90 Å². The van der Waals surface area contributed by atoms with Crippen molar-refractivity contribution in [2.75, 3.05) is 32.1 Å². The molecule has 1 aliphatic carbocycles. The highest BCUT2D eigenvalue weighted by molar-refractivity contribution is 5.48. The lowest BCUT2D eigenvalue weighted by Gasteiger charge is -2.42. The summed E-state index contributed by atoms with van der Waals surface area (Å²) in [4.78, 5) is 5.00. The smallest absolute Gasteiger partial charge is 0.0364 e. The van der Waals surface area contributed by atoms with Gasteiger partial charge >= 0.3 is 0 Å². The van der Waals surface area contributed by atoms with Gasteiger partial charge in [-0.1, -0.05) is 38.8 Å². The Kier molecular flexibility index (Phi) is 5.01. The van der Waals surface area contributed by atoms with Gasteiger partial charge in [0.25, 0.3) is 0 Å². The summed E-state index contributed by atoms with van der Waals surface area (Å²) in [6, 6.07) is 9.81. The van der Waals surface area contributed by atoms with Crippen LogP contribution in [-0.2, 0) is 0 Å². The molecule has 0 radical (unpaired) electrons. The van der Waals surface area contributed by atoms with Crippen LogP contribution in [0.3, 0.4) is 0 Å². The zero-order valence-corrected chi connectivity index (χ0v) is 15.5. The Morgan fingerprint density at radius 2 is 1.96 bits per heavy atom. The van der Waals surface area contributed by atoms with E-state index in [9.17, 15) is 0 Å². The molecule has 2 aliphatic rings. The Morgan fingerprint density at radius 3 is 2.70 bits per heavy atom. The summed E-state index contributed by atoms with van der Waals surface area (Å²) < 4.78 is 0. The first-order chi connectivity index (χ1) is 11.0. The van der Waals surface area contributed by atoms with Crippen LogP contribution in [0.4, 0.5) is 5.69 Å². The van der Waals surface area contributed by atoms with Gasteiger partial charge < -0.3 is 4.90 Å². The van der Waals surface area contributed by atoms with Gasteiger partial charge in [-0.25, -0.2) is 0 Å². The molecule has 0 bridgehead atoms. The molecule has 0 aromatic heterocycles. The van der Waals surface area contributed by atoms with Crippen LogP contribution in [0.2, 0.25) is 0 Å². The molecule has 1 aromatic rings. The van der Waals surface area contributed by atoms with E-state index in [1.165, 1.54) is 62.9 Å². The van der Waals surface area contributed by atoms with Crippen LogP contribution >= 0.6 is 0 Å². The molecule has 1 aromatic carbocycles. The van der Waals surface area contributed by atoms with Crippen molar-refractivity contribution < 1.29 is 0 Å². The molecule has 2 atom stereocenters. The van der Waals surface area contributed by atoms with Crippen molar-refractivity contribution in [2.45, 2.75) is 58.4 Å². The SMILES string of the molecule is CN(C)c1cccc(C2CCCN2CC2CCCCC2(C)C)c1. The van der Waals surface area contributed by atoms with Crippen molar-refractivity contribution in [2.24, 2.45) is 11.3 Å². The van der Waals surface area contributed by atoms with Crippen LogP contribution in [0.15, 0.2) is 24.3 Å². The van der Waals surface area contributed by atoms with E-state index in [1.807, 2.05) is 0 Å². The van der Waals surface area contributed by atoms with Crippen LogP contribution in [0, 0.1) is 11.3 Å². The highest BCUT2D eigenvalue weighted by Gasteiger charge is 2.36. The molecule has 0 N–H and O–H groups in total. The molecule has 2 nitrogen and oxygen atoms in total. The van der Waals surface area contributed by atoms with Gasteiger partial charge in [-0.05, 0) is 61.3 Å². The zero-order chi connectivity index (χ0) is 16.4. The lowest BCUT2D eigenvalue weighted by Crippen LogP contribution is -2.38. The topological polar surface area (TPSA) is 6.48 Å². The summed E-state index contributed by atoms with van der Waals surface area (Å²) in [6.45, 7) is 7.57.